The molecule has 2 unspecified atom stereocenters. The predicted molar refractivity (Wildman–Crippen MR) is 103 cm³/mol. The van der Waals surface area contributed by atoms with E-state index in [0.717, 1.165) is 6.42 Å². The van der Waals surface area contributed by atoms with Gasteiger partial charge in [0.2, 0.25) is 5.78 Å². The fourth-order valence-corrected chi connectivity index (χ4v) is 4.08. The number of ketones is 1. The Balaban J connectivity index is 2.63. The smallest absolute Gasteiger partial charge is 0.201 e. The first-order chi connectivity index (χ1) is 12.5. The van der Waals surface area contributed by atoms with Crippen molar-refractivity contribution < 1.29 is 23.6 Å². The van der Waals surface area contributed by atoms with Crippen LogP contribution in [0.3, 0.4) is 0 Å². The second-order valence-corrected chi connectivity index (χ2v) is 7.85. The van der Waals surface area contributed by atoms with E-state index in [9.17, 15) is 9.36 Å². The van der Waals surface area contributed by atoms with Gasteiger partial charge in [-0.2, -0.15) is 0 Å². The van der Waals surface area contributed by atoms with Crippen LogP contribution in [-0.2, 0) is 4.57 Å². The molecule has 5 nitrogen and oxygen atoms in total. The van der Waals surface area contributed by atoms with Gasteiger partial charge >= 0.3 is 0 Å². The molecule has 0 heterocycles. The second-order valence-electron chi connectivity index (χ2n) is 5.84. The van der Waals surface area contributed by atoms with Crippen molar-refractivity contribution in [1.82, 2.24) is 0 Å². The SMILES string of the molecule is CCC(C)[P](=O)c1ccccc1C(=O)c1c(OC)cc(OC)cc1OC. The Morgan fingerprint density at radius 2 is 1.62 bits per heavy atom. The van der Waals surface area contributed by atoms with Crippen LogP contribution in [0.25, 0.3) is 0 Å². The van der Waals surface area contributed by atoms with Crippen LogP contribution >= 0.6 is 7.80 Å². The molecule has 0 amide bonds. The molecule has 0 saturated carbocycles. The first-order valence-electron chi connectivity index (χ1n) is 8.38. The number of ether oxygens (including phenoxy) is 3. The van der Waals surface area contributed by atoms with Crippen LogP contribution in [0.1, 0.15) is 36.2 Å². The third kappa shape index (κ3) is 3.88. The Hall–Kier alpha value is -2.39. The van der Waals surface area contributed by atoms with Crippen molar-refractivity contribution in [3.8, 4) is 17.2 Å². The molecule has 0 saturated heterocycles. The number of hydrogen-bond acceptors (Lipinski definition) is 5. The van der Waals surface area contributed by atoms with E-state index in [1.54, 1.807) is 36.4 Å². The number of carbonyl (C=O) groups is 1. The molecule has 6 heteroatoms. The van der Waals surface area contributed by atoms with Gasteiger partial charge in [0.1, 0.15) is 30.6 Å². The van der Waals surface area contributed by atoms with Gasteiger partial charge in [0.15, 0.2) is 0 Å². The third-order valence-corrected chi connectivity index (χ3v) is 6.35. The molecule has 26 heavy (non-hydrogen) atoms. The minimum Gasteiger partial charge on any atom is -0.496 e. The number of rotatable bonds is 8. The molecule has 0 aliphatic carbocycles. The average molecular weight is 375 g/mol. The zero-order valence-electron chi connectivity index (χ0n) is 15.7. The van der Waals surface area contributed by atoms with Gasteiger partial charge in [0.25, 0.3) is 0 Å². The highest BCUT2D eigenvalue weighted by Gasteiger charge is 2.26. The molecule has 2 atom stereocenters. The molecular formula is C20H24O5P. The molecule has 2 aromatic carbocycles. The zero-order chi connectivity index (χ0) is 19.3. The summed E-state index contributed by atoms with van der Waals surface area (Å²) in [5.74, 6) is 0.928. The minimum absolute atomic E-state index is 0.0152. The lowest BCUT2D eigenvalue weighted by atomic mass is 10.0. The van der Waals surface area contributed by atoms with E-state index in [4.69, 9.17) is 14.2 Å². The Morgan fingerprint density at radius 1 is 1.04 bits per heavy atom. The summed E-state index contributed by atoms with van der Waals surface area (Å²) < 4.78 is 28.9. The van der Waals surface area contributed by atoms with Crippen LogP contribution in [-0.4, -0.2) is 32.8 Å². The molecule has 0 fully saturated rings. The summed E-state index contributed by atoms with van der Waals surface area (Å²) in [5.41, 5.74) is 0.671. The van der Waals surface area contributed by atoms with E-state index < -0.39 is 7.80 Å². The summed E-state index contributed by atoms with van der Waals surface area (Å²) >= 11 is 0. The highest BCUT2D eigenvalue weighted by Crippen LogP contribution is 2.37. The van der Waals surface area contributed by atoms with Gasteiger partial charge in [-0.05, 0) is 18.6 Å². The van der Waals surface area contributed by atoms with Crippen LogP contribution < -0.4 is 19.5 Å². The van der Waals surface area contributed by atoms with Crippen LogP contribution in [0.4, 0.5) is 0 Å². The summed E-state index contributed by atoms with van der Waals surface area (Å²) in [6, 6.07) is 10.3. The topological polar surface area (TPSA) is 61.8 Å². The van der Waals surface area contributed by atoms with Crippen molar-refractivity contribution in [2.24, 2.45) is 0 Å². The molecule has 0 aromatic heterocycles. The first-order valence-corrected chi connectivity index (χ1v) is 9.71. The van der Waals surface area contributed by atoms with Crippen molar-refractivity contribution in [2.45, 2.75) is 25.9 Å². The van der Waals surface area contributed by atoms with E-state index in [1.165, 1.54) is 21.3 Å². The van der Waals surface area contributed by atoms with Gasteiger partial charge in [-0.15, -0.1) is 0 Å². The zero-order valence-corrected chi connectivity index (χ0v) is 16.6. The van der Waals surface area contributed by atoms with Crippen LogP contribution in [0.2, 0.25) is 0 Å². The first kappa shape index (κ1) is 19.9. The highest BCUT2D eigenvalue weighted by molar-refractivity contribution is 7.54. The van der Waals surface area contributed by atoms with Gasteiger partial charge < -0.3 is 14.2 Å². The number of carbonyl (C=O) groups excluding carboxylic acids is 1. The Labute approximate surface area is 155 Å². The largest absolute Gasteiger partial charge is 0.496 e. The van der Waals surface area contributed by atoms with Gasteiger partial charge in [0, 0.05) is 28.7 Å². The second kappa shape index (κ2) is 8.81. The summed E-state index contributed by atoms with van der Waals surface area (Å²) in [7, 11) is 2.80. The molecule has 2 aromatic rings. The number of benzene rings is 2. The number of methoxy groups -OCH3 is 3. The maximum absolute atomic E-state index is 13.3. The van der Waals surface area contributed by atoms with Gasteiger partial charge in [-0.3, -0.25) is 9.36 Å². The molecular weight excluding hydrogens is 351 g/mol. The molecule has 0 spiro atoms. The lowest BCUT2D eigenvalue weighted by Gasteiger charge is -2.16. The average Bonchev–Trinajstić information content (AvgIpc) is 2.70. The predicted octanol–water partition coefficient (Wildman–Crippen LogP) is 4.19. The minimum atomic E-state index is -1.69. The molecule has 0 N–H and O–H groups in total. The lowest BCUT2D eigenvalue weighted by molar-refractivity contribution is 0.103. The maximum atomic E-state index is 13.3. The van der Waals surface area contributed by atoms with Crippen molar-refractivity contribution in [1.29, 1.82) is 0 Å². The third-order valence-electron chi connectivity index (χ3n) is 4.32. The van der Waals surface area contributed by atoms with E-state index in [1.807, 2.05) is 13.8 Å². The Bertz CT molecular complexity index is 791. The van der Waals surface area contributed by atoms with Crippen LogP contribution in [0.15, 0.2) is 36.4 Å². The molecule has 0 aliphatic rings. The van der Waals surface area contributed by atoms with Gasteiger partial charge in [-0.25, -0.2) is 0 Å². The summed E-state index contributed by atoms with van der Waals surface area (Å²) in [6.45, 7) is 3.91. The van der Waals surface area contributed by atoms with E-state index in [-0.39, 0.29) is 17.0 Å². The molecule has 139 valence electrons. The van der Waals surface area contributed by atoms with Crippen molar-refractivity contribution in [2.75, 3.05) is 21.3 Å². The molecule has 0 aliphatic heterocycles. The van der Waals surface area contributed by atoms with Crippen LogP contribution in [0, 0.1) is 0 Å². The van der Waals surface area contributed by atoms with E-state index in [0.29, 0.717) is 28.1 Å². The standard InChI is InChI=1S/C20H24O5P/c1-6-13(2)26(22)18-10-8-7-9-15(18)20(21)19-16(24-4)11-14(23-3)12-17(19)25-5/h7-13H,6H2,1-5H3. The normalized spacial score (nSPS) is 12.3. The van der Waals surface area contributed by atoms with Crippen LogP contribution in [0.5, 0.6) is 17.2 Å². The van der Waals surface area contributed by atoms with Gasteiger partial charge in [-0.1, -0.05) is 26.0 Å². The lowest BCUT2D eigenvalue weighted by Crippen LogP contribution is -2.17. The molecule has 1 radical (unpaired) electrons. The Morgan fingerprint density at radius 3 is 2.12 bits per heavy atom. The Kier molecular flexibility index (Phi) is 6.76. The van der Waals surface area contributed by atoms with Gasteiger partial charge in [0.05, 0.1) is 21.3 Å². The van der Waals surface area contributed by atoms with Crippen molar-refractivity contribution in [3.05, 3.63) is 47.5 Å². The summed E-state index contributed by atoms with van der Waals surface area (Å²) in [6.07, 6.45) is 0.771. The fourth-order valence-electron chi connectivity index (χ4n) is 2.63. The quantitative estimate of drug-likeness (QED) is 0.511. The highest BCUT2D eigenvalue weighted by atomic mass is 31.1. The summed E-state index contributed by atoms with van der Waals surface area (Å²) in [5, 5.41) is 0.557. The summed E-state index contributed by atoms with van der Waals surface area (Å²) in [4.78, 5) is 13.3. The van der Waals surface area contributed by atoms with E-state index in [2.05, 4.69) is 0 Å². The molecule has 0 bridgehead atoms. The van der Waals surface area contributed by atoms with E-state index >= 15 is 0 Å². The number of hydrogen-bond donors (Lipinski definition) is 0. The van der Waals surface area contributed by atoms with Crippen molar-refractivity contribution >= 4 is 18.9 Å². The maximum Gasteiger partial charge on any atom is 0.201 e. The monoisotopic (exact) mass is 375 g/mol. The fraction of sp³-hybridized carbons (Fsp3) is 0.350. The molecule has 2 rings (SSSR count). The van der Waals surface area contributed by atoms with Crippen molar-refractivity contribution in [3.63, 3.8) is 0 Å².